The van der Waals surface area contributed by atoms with Crippen LogP contribution < -0.4 is 0 Å². The van der Waals surface area contributed by atoms with Crippen molar-refractivity contribution in [2.24, 2.45) is 0 Å². The van der Waals surface area contributed by atoms with Gasteiger partial charge < -0.3 is 0 Å². The molecule has 0 atom stereocenters. The molecule has 0 saturated carbocycles. The van der Waals surface area contributed by atoms with E-state index in [0.717, 1.165) is 12.3 Å². The van der Waals surface area contributed by atoms with Gasteiger partial charge in [-0.25, -0.2) is 4.98 Å². The molecule has 0 amide bonds. The molecule has 0 aliphatic heterocycles. The van der Waals surface area contributed by atoms with Crippen LogP contribution in [0.1, 0.15) is 11.3 Å². The van der Waals surface area contributed by atoms with Gasteiger partial charge in [-0.3, -0.25) is 4.18 Å². The Morgan fingerprint density at radius 1 is 1.41 bits per heavy atom. The second-order valence-electron chi connectivity index (χ2n) is 3.15. The van der Waals surface area contributed by atoms with Crippen LogP contribution in [0.2, 0.25) is 5.15 Å². The molecule has 0 aromatic carbocycles. The lowest BCUT2D eigenvalue weighted by Crippen LogP contribution is -2.10. The Bertz CT molecular complexity index is 515. The van der Waals surface area contributed by atoms with Crippen molar-refractivity contribution >= 4 is 21.7 Å². The molecule has 0 saturated heterocycles. The van der Waals surface area contributed by atoms with Crippen LogP contribution in [-0.4, -0.2) is 19.7 Å². The first-order valence-electron chi connectivity index (χ1n) is 4.16. The van der Waals surface area contributed by atoms with Gasteiger partial charge in [0.05, 0.1) is 12.9 Å². The van der Waals surface area contributed by atoms with Gasteiger partial charge in [-0.05, 0) is 17.7 Å². The van der Waals surface area contributed by atoms with Crippen molar-refractivity contribution in [3.05, 3.63) is 28.5 Å². The van der Waals surface area contributed by atoms with E-state index in [-0.39, 0.29) is 10.7 Å². The Kier molecular flexibility index (Phi) is 4.00. The molecule has 4 nitrogen and oxygen atoms in total. The topological polar surface area (TPSA) is 56.3 Å². The summed E-state index contributed by atoms with van der Waals surface area (Å²) in [5.41, 5.74) is -1.22. The minimum absolute atomic E-state index is 0.0252. The predicted molar refractivity (Wildman–Crippen MR) is 53.9 cm³/mol. The molecule has 0 unspecified atom stereocenters. The molecule has 0 spiro atoms. The number of halogens is 4. The minimum Gasteiger partial charge on any atom is -0.265 e. The first-order chi connectivity index (χ1) is 7.58. The fourth-order valence-electron chi connectivity index (χ4n) is 0.954. The fraction of sp³-hybridized carbons (Fsp3) is 0.375. The summed E-state index contributed by atoms with van der Waals surface area (Å²) in [6.07, 6.45) is -3.86. The van der Waals surface area contributed by atoms with Crippen LogP contribution >= 0.6 is 11.6 Å². The quantitative estimate of drug-likeness (QED) is 0.632. The number of aromatic nitrogens is 1. The Balaban J connectivity index is 2.98. The third-order valence-electron chi connectivity index (χ3n) is 1.58. The van der Waals surface area contributed by atoms with E-state index in [1.165, 1.54) is 0 Å². The van der Waals surface area contributed by atoms with Gasteiger partial charge >= 0.3 is 6.18 Å². The molecule has 96 valence electrons. The van der Waals surface area contributed by atoms with Gasteiger partial charge in [0, 0.05) is 0 Å². The number of alkyl halides is 3. The van der Waals surface area contributed by atoms with Crippen LogP contribution in [0.25, 0.3) is 0 Å². The third-order valence-corrected chi connectivity index (χ3v) is 2.32. The van der Waals surface area contributed by atoms with Gasteiger partial charge in [0.15, 0.2) is 0 Å². The van der Waals surface area contributed by atoms with Crippen molar-refractivity contribution in [1.29, 1.82) is 0 Å². The number of pyridine rings is 1. The number of nitrogens with zero attached hydrogens (tertiary/aromatic N) is 1. The molecule has 0 bridgehead atoms. The largest absolute Gasteiger partial charge is 0.433 e. The summed E-state index contributed by atoms with van der Waals surface area (Å²) in [5.74, 6) is 0. The zero-order valence-corrected chi connectivity index (χ0v) is 10.0. The molecule has 0 radical (unpaired) electrons. The maximum atomic E-state index is 12.3. The highest BCUT2D eigenvalue weighted by Crippen LogP contribution is 2.29. The van der Waals surface area contributed by atoms with Crippen molar-refractivity contribution in [2.75, 3.05) is 6.26 Å². The average Bonchev–Trinajstić information content (AvgIpc) is 2.11. The summed E-state index contributed by atoms with van der Waals surface area (Å²) in [7, 11) is -3.73. The molecule has 1 aromatic heterocycles. The van der Waals surface area contributed by atoms with E-state index in [1.807, 2.05) is 0 Å². The molecule has 17 heavy (non-hydrogen) atoms. The molecular formula is C8H7ClF3NO3S. The molecule has 9 heteroatoms. The maximum absolute atomic E-state index is 12.3. The van der Waals surface area contributed by atoms with Crippen LogP contribution in [-0.2, 0) is 27.1 Å². The fourth-order valence-corrected chi connectivity index (χ4v) is 1.53. The summed E-state index contributed by atoms with van der Waals surface area (Å²) in [5, 5.41) is -0.382. The van der Waals surface area contributed by atoms with E-state index < -0.39 is 28.6 Å². The smallest absolute Gasteiger partial charge is 0.265 e. The third kappa shape index (κ3) is 4.88. The first kappa shape index (κ1) is 14.2. The number of hydrogen-bond donors (Lipinski definition) is 0. The Labute approximate surface area is 100 Å². The van der Waals surface area contributed by atoms with Crippen molar-refractivity contribution < 1.29 is 25.8 Å². The van der Waals surface area contributed by atoms with E-state index in [0.29, 0.717) is 6.07 Å². The molecule has 1 heterocycles. The van der Waals surface area contributed by atoms with Crippen molar-refractivity contribution in [2.45, 2.75) is 12.8 Å². The van der Waals surface area contributed by atoms with E-state index in [2.05, 4.69) is 9.17 Å². The predicted octanol–water partition coefficient (Wildman–Crippen LogP) is 2.23. The second-order valence-corrected chi connectivity index (χ2v) is 5.18. The van der Waals surface area contributed by atoms with Crippen LogP contribution in [0.3, 0.4) is 0 Å². The molecule has 0 fully saturated rings. The highest BCUT2D eigenvalue weighted by Gasteiger charge is 2.33. The van der Waals surface area contributed by atoms with E-state index in [4.69, 9.17) is 11.6 Å². The van der Waals surface area contributed by atoms with Gasteiger partial charge in [0.25, 0.3) is 10.1 Å². The Morgan fingerprint density at radius 3 is 2.47 bits per heavy atom. The lowest BCUT2D eigenvalue weighted by atomic mass is 10.2. The number of hydrogen-bond acceptors (Lipinski definition) is 4. The van der Waals surface area contributed by atoms with E-state index in [9.17, 15) is 21.6 Å². The Hall–Kier alpha value is -0.860. The van der Waals surface area contributed by atoms with Crippen LogP contribution in [0, 0.1) is 0 Å². The molecule has 0 aliphatic rings. The van der Waals surface area contributed by atoms with Crippen molar-refractivity contribution in [3.8, 4) is 0 Å². The molecule has 1 rings (SSSR count). The zero-order chi connectivity index (χ0) is 13.3. The first-order valence-corrected chi connectivity index (χ1v) is 6.35. The van der Waals surface area contributed by atoms with Gasteiger partial charge in [0.2, 0.25) is 0 Å². The monoisotopic (exact) mass is 289 g/mol. The molecule has 0 aliphatic carbocycles. The lowest BCUT2D eigenvalue weighted by molar-refractivity contribution is -0.141. The van der Waals surface area contributed by atoms with Gasteiger partial charge in [-0.1, -0.05) is 11.6 Å². The van der Waals surface area contributed by atoms with Crippen molar-refractivity contribution in [1.82, 2.24) is 4.98 Å². The van der Waals surface area contributed by atoms with E-state index in [1.54, 1.807) is 0 Å². The van der Waals surface area contributed by atoms with E-state index >= 15 is 0 Å². The summed E-state index contributed by atoms with van der Waals surface area (Å²) in [6.45, 7) is -0.524. The highest BCUT2D eigenvalue weighted by molar-refractivity contribution is 7.85. The lowest BCUT2D eigenvalue weighted by Gasteiger charge is -2.08. The van der Waals surface area contributed by atoms with Crippen molar-refractivity contribution in [3.63, 3.8) is 0 Å². The zero-order valence-electron chi connectivity index (χ0n) is 8.45. The Morgan fingerprint density at radius 2 is 2.00 bits per heavy atom. The van der Waals surface area contributed by atoms with Crippen LogP contribution in [0.5, 0.6) is 0 Å². The summed E-state index contributed by atoms with van der Waals surface area (Å²) in [4.78, 5) is 3.08. The highest BCUT2D eigenvalue weighted by atomic mass is 35.5. The summed E-state index contributed by atoms with van der Waals surface area (Å²) < 4.78 is 62.7. The number of rotatable bonds is 3. The summed E-state index contributed by atoms with van der Waals surface area (Å²) in [6, 6.07) is 1.78. The van der Waals surface area contributed by atoms with Gasteiger partial charge in [0.1, 0.15) is 10.8 Å². The average molecular weight is 290 g/mol. The molecule has 0 N–H and O–H groups in total. The van der Waals surface area contributed by atoms with Gasteiger partial charge in [-0.2, -0.15) is 21.6 Å². The van der Waals surface area contributed by atoms with Gasteiger partial charge in [-0.15, -0.1) is 0 Å². The van der Waals surface area contributed by atoms with Crippen LogP contribution in [0.15, 0.2) is 12.1 Å². The normalized spacial score (nSPS) is 12.8. The SMILES string of the molecule is CS(=O)(=O)OCc1cc(Cl)nc(C(F)(F)F)c1. The molecule has 1 aromatic rings. The minimum atomic E-state index is -4.65. The van der Waals surface area contributed by atoms with Crippen LogP contribution in [0.4, 0.5) is 13.2 Å². The maximum Gasteiger partial charge on any atom is 0.433 e. The standard InChI is InChI=1S/C8H7ClF3NO3S/c1-17(14,15)16-4-5-2-6(8(10,11)12)13-7(9)3-5/h2-3H,4H2,1H3. The molecular weight excluding hydrogens is 283 g/mol. The summed E-state index contributed by atoms with van der Waals surface area (Å²) >= 11 is 5.39. The second kappa shape index (κ2) is 4.79.